The molecule has 0 fully saturated rings. The van der Waals surface area contributed by atoms with Crippen molar-refractivity contribution in [3.05, 3.63) is 57.3 Å². The topological polar surface area (TPSA) is 21.3 Å². The van der Waals surface area contributed by atoms with Crippen LogP contribution in [0.3, 0.4) is 0 Å². The maximum Gasteiger partial charge on any atom is 0.137 e. The number of nitrogens with one attached hydrogen (secondary N) is 1. The third kappa shape index (κ3) is 3.85. The molecule has 100 valence electrons. The maximum absolute atomic E-state index is 13.2. The third-order valence-electron chi connectivity index (χ3n) is 2.57. The van der Waals surface area contributed by atoms with Gasteiger partial charge in [-0.1, -0.05) is 27.5 Å². The van der Waals surface area contributed by atoms with E-state index in [1.807, 2.05) is 12.1 Å². The predicted molar refractivity (Wildman–Crippen MR) is 79.4 cm³/mol. The summed E-state index contributed by atoms with van der Waals surface area (Å²) in [6.45, 7) is 0.513. The molecule has 0 aliphatic heterocycles. The van der Waals surface area contributed by atoms with Gasteiger partial charge in [0.25, 0.3) is 0 Å². The van der Waals surface area contributed by atoms with Gasteiger partial charge in [0.1, 0.15) is 11.6 Å². The SMILES string of the molecule is COc1ccc(NCc2cc(F)cc(Br)c2)cc1Cl. The quantitative estimate of drug-likeness (QED) is 0.855. The van der Waals surface area contributed by atoms with E-state index in [0.717, 1.165) is 15.7 Å². The van der Waals surface area contributed by atoms with E-state index in [0.29, 0.717) is 17.3 Å². The highest BCUT2D eigenvalue weighted by molar-refractivity contribution is 9.10. The molecule has 0 aromatic heterocycles. The van der Waals surface area contributed by atoms with Gasteiger partial charge in [0.15, 0.2) is 0 Å². The fourth-order valence-electron chi connectivity index (χ4n) is 1.69. The lowest BCUT2D eigenvalue weighted by molar-refractivity contribution is 0.415. The average molecular weight is 345 g/mol. The molecule has 2 rings (SSSR count). The molecule has 19 heavy (non-hydrogen) atoms. The number of methoxy groups -OCH3 is 1. The molecular formula is C14H12BrClFNO. The molecule has 0 saturated carbocycles. The first-order valence-electron chi connectivity index (χ1n) is 5.61. The van der Waals surface area contributed by atoms with E-state index in [9.17, 15) is 4.39 Å². The number of hydrogen-bond acceptors (Lipinski definition) is 2. The molecule has 0 saturated heterocycles. The molecule has 0 bridgehead atoms. The van der Waals surface area contributed by atoms with Crippen LogP contribution in [0.4, 0.5) is 10.1 Å². The van der Waals surface area contributed by atoms with Gasteiger partial charge in [0.05, 0.1) is 12.1 Å². The first kappa shape index (κ1) is 14.2. The van der Waals surface area contributed by atoms with Gasteiger partial charge in [-0.05, 0) is 42.0 Å². The van der Waals surface area contributed by atoms with E-state index in [-0.39, 0.29) is 5.82 Å². The molecule has 2 aromatic rings. The predicted octanol–water partition coefficient (Wildman–Crippen LogP) is 4.86. The van der Waals surface area contributed by atoms with Crippen molar-refractivity contribution in [2.24, 2.45) is 0 Å². The molecule has 2 nitrogen and oxygen atoms in total. The van der Waals surface area contributed by atoms with E-state index in [1.54, 1.807) is 19.2 Å². The Balaban J connectivity index is 2.08. The van der Waals surface area contributed by atoms with Gasteiger partial charge < -0.3 is 10.1 Å². The number of ether oxygens (including phenoxy) is 1. The second-order valence-corrected chi connectivity index (χ2v) is 5.30. The van der Waals surface area contributed by atoms with Gasteiger partial charge >= 0.3 is 0 Å². The Bertz CT molecular complexity index is 571. The number of hydrogen-bond donors (Lipinski definition) is 1. The lowest BCUT2D eigenvalue weighted by Gasteiger charge is -2.09. The molecule has 0 radical (unpaired) electrons. The van der Waals surface area contributed by atoms with Gasteiger partial charge in [0, 0.05) is 16.7 Å². The first-order valence-corrected chi connectivity index (χ1v) is 6.78. The van der Waals surface area contributed by atoms with E-state index in [1.165, 1.54) is 12.1 Å². The Morgan fingerprint density at radius 3 is 2.68 bits per heavy atom. The lowest BCUT2D eigenvalue weighted by Crippen LogP contribution is -2.00. The van der Waals surface area contributed by atoms with Crippen molar-refractivity contribution in [1.82, 2.24) is 0 Å². The Morgan fingerprint density at radius 2 is 2.05 bits per heavy atom. The van der Waals surface area contributed by atoms with Crippen LogP contribution in [0.15, 0.2) is 40.9 Å². The molecule has 0 aliphatic rings. The summed E-state index contributed by atoms with van der Waals surface area (Å²) in [5.74, 6) is 0.361. The highest BCUT2D eigenvalue weighted by atomic mass is 79.9. The van der Waals surface area contributed by atoms with E-state index >= 15 is 0 Å². The van der Waals surface area contributed by atoms with Crippen LogP contribution in [0.1, 0.15) is 5.56 Å². The highest BCUT2D eigenvalue weighted by Gasteiger charge is 2.03. The molecular weight excluding hydrogens is 333 g/mol. The Hall–Kier alpha value is -1.26. The molecule has 0 heterocycles. The van der Waals surface area contributed by atoms with Crippen LogP contribution in [-0.4, -0.2) is 7.11 Å². The van der Waals surface area contributed by atoms with E-state index < -0.39 is 0 Å². The molecule has 2 aromatic carbocycles. The first-order chi connectivity index (χ1) is 9.08. The molecule has 0 spiro atoms. The van der Waals surface area contributed by atoms with Crippen molar-refractivity contribution in [1.29, 1.82) is 0 Å². The molecule has 1 N–H and O–H groups in total. The van der Waals surface area contributed by atoms with Gasteiger partial charge in [-0.15, -0.1) is 0 Å². The zero-order valence-electron chi connectivity index (χ0n) is 10.2. The Labute approximate surface area is 124 Å². The summed E-state index contributed by atoms with van der Waals surface area (Å²) < 4.78 is 19.0. The van der Waals surface area contributed by atoms with Crippen molar-refractivity contribution >= 4 is 33.2 Å². The van der Waals surface area contributed by atoms with Crippen LogP contribution in [-0.2, 0) is 6.54 Å². The number of rotatable bonds is 4. The lowest BCUT2D eigenvalue weighted by atomic mass is 10.2. The fraction of sp³-hybridized carbons (Fsp3) is 0.143. The van der Waals surface area contributed by atoms with Crippen molar-refractivity contribution in [3.8, 4) is 5.75 Å². The summed E-state index contributed by atoms with van der Waals surface area (Å²) in [7, 11) is 1.57. The van der Waals surface area contributed by atoms with Gasteiger partial charge in [-0.25, -0.2) is 4.39 Å². The van der Waals surface area contributed by atoms with Crippen LogP contribution < -0.4 is 10.1 Å². The highest BCUT2D eigenvalue weighted by Crippen LogP contribution is 2.27. The molecule has 0 amide bonds. The Morgan fingerprint density at radius 1 is 1.26 bits per heavy atom. The van der Waals surface area contributed by atoms with Crippen molar-refractivity contribution in [2.45, 2.75) is 6.54 Å². The maximum atomic E-state index is 13.2. The zero-order valence-corrected chi connectivity index (χ0v) is 12.6. The van der Waals surface area contributed by atoms with E-state index in [4.69, 9.17) is 16.3 Å². The second kappa shape index (κ2) is 6.26. The summed E-state index contributed by atoms with van der Waals surface area (Å²) >= 11 is 9.29. The average Bonchev–Trinajstić information content (AvgIpc) is 2.35. The number of benzene rings is 2. The van der Waals surface area contributed by atoms with Crippen LogP contribution in [0.2, 0.25) is 5.02 Å². The number of anilines is 1. The summed E-state index contributed by atoms with van der Waals surface area (Å²) in [5, 5.41) is 3.72. The van der Waals surface area contributed by atoms with Crippen molar-refractivity contribution < 1.29 is 9.13 Å². The minimum Gasteiger partial charge on any atom is -0.495 e. The molecule has 5 heteroatoms. The van der Waals surface area contributed by atoms with Crippen LogP contribution in [0, 0.1) is 5.82 Å². The van der Waals surface area contributed by atoms with Gasteiger partial charge in [-0.3, -0.25) is 0 Å². The minimum atomic E-state index is -0.265. The smallest absolute Gasteiger partial charge is 0.137 e. The summed E-state index contributed by atoms with van der Waals surface area (Å²) in [4.78, 5) is 0. The molecule has 0 aliphatic carbocycles. The zero-order chi connectivity index (χ0) is 13.8. The Kier molecular flexibility index (Phi) is 4.66. The van der Waals surface area contributed by atoms with E-state index in [2.05, 4.69) is 21.2 Å². The third-order valence-corrected chi connectivity index (χ3v) is 3.32. The summed E-state index contributed by atoms with van der Waals surface area (Å²) in [6, 6.07) is 10.2. The van der Waals surface area contributed by atoms with Crippen molar-refractivity contribution in [3.63, 3.8) is 0 Å². The normalized spacial score (nSPS) is 10.3. The van der Waals surface area contributed by atoms with Gasteiger partial charge in [-0.2, -0.15) is 0 Å². The van der Waals surface area contributed by atoms with Crippen LogP contribution in [0.5, 0.6) is 5.75 Å². The second-order valence-electron chi connectivity index (χ2n) is 3.98. The summed E-state index contributed by atoms with van der Waals surface area (Å²) in [5.41, 5.74) is 1.70. The monoisotopic (exact) mass is 343 g/mol. The van der Waals surface area contributed by atoms with Crippen LogP contribution in [0.25, 0.3) is 0 Å². The van der Waals surface area contributed by atoms with Crippen molar-refractivity contribution in [2.75, 3.05) is 12.4 Å². The summed E-state index contributed by atoms with van der Waals surface area (Å²) in [6.07, 6.45) is 0. The minimum absolute atomic E-state index is 0.265. The standard InChI is InChI=1S/C14H12BrClFNO/c1-19-14-3-2-12(7-13(14)16)18-8-9-4-10(15)6-11(17)5-9/h2-7,18H,8H2,1H3. The molecule has 0 unspecified atom stereocenters. The molecule has 0 atom stereocenters. The van der Waals surface area contributed by atoms with Crippen LogP contribution >= 0.6 is 27.5 Å². The largest absolute Gasteiger partial charge is 0.495 e. The number of halogens is 3. The fourth-order valence-corrected chi connectivity index (χ4v) is 2.46. The van der Waals surface area contributed by atoms with Gasteiger partial charge in [0.2, 0.25) is 0 Å².